The Bertz CT molecular complexity index is 3430. The lowest BCUT2D eigenvalue weighted by molar-refractivity contribution is 0.661. The molecule has 0 nitrogen and oxygen atoms in total. The summed E-state index contributed by atoms with van der Waals surface area (Å²) < 4.78 is 0. The van der Waals surface area contributed by atoms with Crippen LogP contribution in [0, 0.1) is 0 Å². The number of fused-ring (bicyclic) bond motifs is 12. The minimum Gasteiger partial charge on any atom is -0.0616 e. The summed E-state index contributed by atoms with van der Waals surface area (Å²) in [5, 5.41) is 15.5. The molecule has 0 heteroatoms. The molecule has 0 N–H and O–H groups in total. The molecule has 0 atom stereocenters. The second-order valence-electron chi connectivity index (χ2n) is 16.4. The van der Waals surface area contributed by atoms with Gasteiger partial charge in [0.1, 0.15) is 0 Å². The average Bonchev–Trinajstić information content (AvgIpc) is 3.49. The summed E-state index contributed by atoms with van der Waals surface area (Å²) in [7, 11) is 0. The van der Waals surface area contributed by atoms with Gasteiger partial charge in [-0.3, -0.25) is 0 Å². The molecule has 1 aliphatic carbocycles. The molecule has 0 aromatic heterocycles. The molecule has 0 amide bonds. The van der Waals surface area contributed by atoms with E-state index in [1.807, 2.05) is 0 Å². The molecule has 12 rings (SSSR count). The van der Waals surface area contributed by atoms with Crippen molar-refractivity contribution in [2.24, 2.45) is 0 Å². The molecule has 0 bridgehead atoms. The van der Waals surface area contributed by atoms with Crippen molar-refractivity contribution in [2.45, 2.75) is 19.3 Å². The van der Waals surface area contributed by atoms with Crippen LogP contribution in [0.25, 0.3) is 109 Å². The van der Waals surface area contributed by atoms with E-state index in [0.29, 0.717) is 0 Å². The summed E-state index contributed by atoms with van der Waals surface area (Å²) >= 11 is 0. The molecule has 0 radical (unpaired) electrons. The van der Waals surface area contributed by atoms with Crippen LogP contribution >= 0.6 is 0 Å². The van der Waals surface area contributed by atoms with E-state index in [4.69, 9.17) is 0 Å². The first-order chi connectivity index (χ1) is 28.0. The minimum atomic E-state index is -0.132. The van der Waals surface area contributed by atoms with E-state index in [-0.39, 0.29) is 5.41 Å². The molecular formula is C57H38. The molecule has 0 saturated carbocycles. The van der Waals surface area contributed by atoms with Gasteiger partial charge in [-0.15, -0.1) is 0 Å². The van der Waals surface area contributed by atoms with Crippen molar-refractivity contribution in [3.05, 3.63) is 205 Å². The lowest BCUT2D eigenvalue weighted by atomic mass is 9.80. The normalized spacial score (nSPS) is 13.2. The van der Waals surface area contributed by atoms with E-state index in [9.17, 15) is 0 Å². The third-order valence-corrected chi connectivity index (χ3v) is 13.0. The first-order valence-corrected chi connectivity index (χ1v) is 20.1. The molecule has 0 unspecified atom stereocenters. The second-order valence-corrected chi connectivity index (χ2v) is 16.4. The lowest BCUT2D eigenvalue weighted by Crippen LogP contribution is -2.14. The number of rotatable bonds is 3. The van der Waals surface area contributed by atoms with Crippen molar-refractivity contribution >= 4 is 64.6 Å². The molecule has 11 aromatic rings. The first-order valence-electron chi connectivity index (χ1n) is 20.1. The summed E-state index contributed by atoms with van der Waals surface area (Å²) in [6, 6.07) is 72.7. The van der Waals surface area contributed by atoms with Crippen LogP contribution in [0.2, 0.25) is 0 Å². The highest BCUT2D eigenvalue weighted by Gasteiger charge is 2.36. The van der Waals surface area contributed by atoms with Gasteiger partial charge in [-0.1, -0.05) is 184 Å². The summed E-state index contributed by atoms with van der Waals surface area (Å²) in [5.41, 5.74) is 12.9. The Hall–Kier alpha value is -7.02. The highest BCUT2D eigenvalue weighted by atomic mass is 14.4. The van der Waals surface area contributed by atoms with Crippen molar-refractivity contribution in [3.63, 3.8) is 0 Å². The molecule has 0 fully saturated rings. The fourth-order valence-electron chi connectivity index (χ4n) is 10.4. The van der Waals surface area contributed by atoms with E-state index in [1.165, 1.54) is 120 Å². The van der Waals surface area contributed by atoms with Gasteiger partial charge in [-0.05, 0) is 145 Å². The predicted octanol–water partition coefficient (Wildman–Crippen LogP) is 15.9. The van der Waals surface area contributed by atoms with Crippen LogP contribution in [0.5, 0.6) is 0 Å². The molecule has 11 aromatic carbocycles. The largest absolute Gasteiger partial charge is 0.0616 e. The van der Waals surface area contributed by atoms with Crippen molar-refractivity contribution in [2.75, 3.05) is 0 Å². The second kappa shape index (κ2) is 12.0. The van der Waals surface area contributed by atoms with Gasteiger partial charge in [0.2, 0.25) is 0 Å². The Morgan fingerprint density at radius 2 is 0.702 bits per heavy atom. The summed E-state index contributed by atoms with van der Waals surface area (Å²) in [6.07, 6.45) is 0. The molecule has 266 valence electrons. The highest BCUT2D eigenvalue weighted by Crippen LogP contribution is 2.53. The maximum atomic E-state index is 2.51. The van der Waals surface area contributed by atoms with Gasteiger partial charge in [0, 0.05) is 5.41 Å². The van der Waals surface area contributed by atoms with Gasteiger partial charge >= 0.3 is 0 Å². The molecule has 0 heterocycles. The van der Waals surface area contributed by atoms with Crippen molar-refractivity contribution in [1.82, 2.24) is 0 Å². The lowest BCUT2D eigenvalue weighted by Gasteiger charge is -2.23. The van der Waals surface area contributed by atoms with E-state index in [0.717, 1.165) is 0 Å². The van der Waals surface area contributed by atoms with Crippen LogP contribution in [0.1, 0.15) is 25.0 Å². The summed E-state index contributed by atoms with van der Waals surface area (Å²) in [5.74, 6) is 0. The van der Waals surface area contributed by atoms with Crippen molar-refractivity contribution in [1.29, 1.82) is 0 Å². The van der Waals surface area contributed by atoms with Crippen LogP contribution in [0.15, 0.2) is 194 Å². The zero-order valence-corrected chi connectivity index (χ0v) is 32.0. The molecule has 0 saturated heterocycles. The van der Waals surface area contributed by atoms with Crippen molar-refractivity contribution in [3.8, 4) is 44.5 Å². The molecule has 1 aliphatic rings. The Morgan fingerprint density at radius 3 is 1.32 bits per heavy atom. The van der Waals surface area contributed by atoms with Crippen LogP contribution in [0.3, 0.4) is 0 Å². The topological polar surface area (TPSA) is 0 Å². The van der Waals surface area contributed by atoms with Crippen LogP contribution in [-0.2, 0) is 5.41 Å². The highest BCUT2D eigenvalue weighted by molar-refractivity contribution is 6.26. The van der Waals surface area contributed by atoms with E-state index in [2.05, 4.69) is 208 Å². The van der Waals surface area contributed by atoms with Crippen LogP contribution < -0.4 is 0 Å². The quantitative estimate of drug-likeness (QED) is 0.126. The van der Waals surface area contributed by atoms with Crippen molar-refractivity contribution < 1.29 is 0 Å². The number of benzene rings is 11. The van der Waals surface area contributed by atoms with Crippen LogP contribution in [-0.4, -0.2) is 0 Å². The Morgan fingerprint density at radius 1 is 0.263 bits per heavy atom. The monoisotopic (exact) mass is 722 g/mol. The maximum Gasteiger partial charge on any atom is 0.0159 e. The molecule has 0 spiro atoms. The summed E-state index contributed by atoms with van der Waals surface area (Å²) in [4.78, 5) is 0. The molecular weight excluding hydrogens is 685 g/mol. The van der Waals surface area contributed by atoms with Crippen LogP contribution in [0.4, 0.5) is 0 Å². The van der Waals surface area contributed by atoms with Gasteiger partial charge in [-0.2, -0.15) is 0 Å². The SMILES string of the molecule is CC1(C)c2ccc(-c3c4ccccc4c(-c4cccc(-c5cccc6ccccc56)c4)c4ccccc34)cc2-c2cc3c4ccccc4c4ccccc4c3cc21. The van der Waals surface area contributed by atoms with Gasteiger partial charge < -0.3 is 0 Å². The summed E-state index contributed by atoms with van der Waals surface area (Å²) in [6.45, 7) is 4.80. The van der Waals surface area contributed by atoms with E-state index < -0.39 is 0 Å². The Balaban J connectivity index is 1.09. The average molecular weight is 723 g/mol. The first kappa shape index (κ1) is 32.2. The minimum absolute atomic E-state index is 0.132. The van der Waals surface area contributed by atoms with Gasteiger partial charge in [0.15, 0.2) is 0 Å². The van der Waals surface area contributed by atoms with Gasteiger partial charge in [0.25, 0.3) is 0 Å². The standard InChI is InChI=1S/C57H38/c1-57(2)53-30-29-38(32-51(53)52-33-49-43-22-7-5-20-41(43)42-21-6-8-23-44(42)50(49)34-54(52)57)56-47-26-11-9-24-45(47)55(46-25-10-12-27-48(46)56)37-18-13-17-36(31-37)40-28-14-16-35-15-3-4-19-39(35)40/h3-34H,1-2H3. The third kappa shape index (κ3) is 4.62. The predicted molar refractivity (Wildman–Crippen MR) is 245 cm³/mol. The third-order valence-electron chi connectivity index (χ3n) is 13.0. The molecule has 0 aliphatic heterocycles. The zero-order valence-electron chi connectivity index (χ0n) is 32.0. The fourth-order valence-corrected chi connectivity index (χ4v) is 10.4. The van der Waals surface area contributed by atoms with E-state index in [1.54, 1.807) is 0 Å². The zero-order chi connectivity index (χ0) is 37.8. The van der Waals surface area contributed by atoms with Gasteiger partial charge in [0.05, 0.1) is 0 Å². The number of hydrogen-bond acceptors (Lipinski definition) is 0. The Labute approximate surface area is 332 Å². The van der Waals surface area contributed by atoms with Gasteiger partial charge in [-0.25, -0.2) is 0 Å². The number of hydrogen-bond donors (Lipinski definition) is 0. The Kier molecular flexibility index (Phi) is 6.78. The smallest absolute Gasteiger partial charge is 0.0159 e. The molecule has 57 heavy (non-hydrogen) atoms. The fraction of sp³-hybridized carbons (Fsp3) is 0.0526. The van der Waals surface area contributed by atoms with E-state index >= 15 is 0 Å². The maximum absolute atomic E-state index is 2.51.